The highest BCUT2D eigenvalue weighted by Crippen LogP contribution is 2.45. The van der Waals surface area contributed by atoms with E-state index >= 15 is 0 Å². The largest absolute Gasteiger partial charge is 0.493 e. The highest BCUT2D eigenvalue weighted by molar-refractivity contribution is 7.91. The molecule has 0 saturated heterocycles. The average Bonchev–Trinajstić information content (AvgIpc) is 2.76. The molecule has 3 rings (SSSR count). The van der Waals surface area contributed by atoms with E-state index in [-0.39, 0.29) is 32.8 Å². The minimum atomic E-state index is -3.83. The fraction of sp³-hybridized carbons (Fsp3) is 0.263. The quantitative estimate of drug-likeness (QED) is 0.486. The molecule has 0 bridgehead atoms. The maximum Gasteiger partial charge on any atom is 0.240 e. The molecule has 0 aliphatic heterocycles. The molecule has 3 aromatic rings. The van der Waals surface area contributed by atoms with Crippen molar-refractivity contribution in [1.82, 2.24) is 14.7 Å². The van der Waals surface area contributed by atoms with Gasteiger partial charge in [-0.05, 0) is 25.2 Å². The van der Waals surface area contributed by atoms with Crippen LogP contribution in [0.4, 0.5) is 11.5 Å². The third kappa shape index (κ3) is 4.26. The van der Waals surface area contributed by atoms with E-state index < -0.39 is 19.9 Å². The lowest BCUT2D eigenvalue weighted by Gasteiger charge is -2.17. The van der Waals surface area contributed by atoms with Crippen LogP contribution in [0.3, 0.4) is 0 Å². The number of hydrogen-bond donors (Lipinski definition) is 2. The van der Waals surface area contributed by atoms with Gasteiger partial charge in [0.1, 0.15) is 12.1 Å². The Morgan fingerprint density at radius 1 is 0.906 bits per heavy atom. The number of methoxy groups -OCH3 is 3. The van der Waals surface area contributed by atoms with Gasteiger partial charge in [-0.15, -0.1) is 0 Å². The number of sulfone groups is 1. The Labute approximate surface area is 185 Å². The van der Waals surface area contributed by atoms with E-state index in [4.69, 9.17) is 14.2 Å². The monoisotopic (exact) mass is 482 g/mol. The van der Waals surface area contributed by atoms with Gasteiger partial charge in [-0.1, -0.05) is 0 Å². The van der Waals surface area contributed by atoms with Crippen molar-refractivity contribution in [3.8, 4) is 17.2 Å². The normalized spacial score (nSPS) is 11.9. The number of aromatic nitrogens is 2. The molecular weight excluding hydrogens is 460 g/mol. The first-order valence-corrected chi connectivity index (χ1v) is 12.4. The van der Waals surface area contributed by atoms with Gasteiger partial charge in [0.05, 0.1) is 47.7 Å². The lowest BCUT2D eigenvalue weighted by molar-refractivity contribution is 0.327. The maximum absolute atomic E-state index is 12.3. The molecule has 0 atom stereocenters. The fourth-order valence-electron chi connectivity index (χ4n) is 3.12. The van der Waals surface area contributed by atoms with Crippen LogP contribution >= 0.6 is 0 Å². The number of anilines is 2. The Morgan fingerprint density at radius 3 is 2.16 bits per heavy atom. The van der Waals surface area contributed by atoms with Crippen LogP contribution in [-0.2, 0) is 19.9 Å². The zero-order valence-corrected chi connectivity index (χ0v) is 19.6. The Morgan fingerprint density at radius 2 is 1.59 bits per heavy atom. The first kappa shape index (κ1) is 23.5. The van der Waals surface area contributed by atoms with Crippen LogP contribution in [0.5, 0.6) is 17.2 Å². The summed E-state index contributed by atoms with van der Waals surface area (Å²) in [6.07, 6.45) is 2.29. The van der Waals surface area contributed by atoms with Crippen molar-refractivity contribution >= 4 is 42.3 Å². The topological polar surface area (TPSA) is 146 Å². The first-order chi connectivity index (χ1) is 15.1. The maximum atomic E-state index is 12.3. The lowest BCUT2D eigenvalue weighted by atomic mass is 10.1. The number of benzene rings is 2. The summed E-state index contributed by atoms with van der Waals surface area (Å²) in [6.45, 7) is 0. The minimum absolute atomic E-state index is 0.0145. The van der Waals surface area contributed by atoms with Gasteiger partial charge in [-0.3, -0.25) is 0 Å². The average molecular weight is 483 g/mol. The van der Waals surface area contributed by atoms with Crippen molar-refractivity contribution in [3.05, 3.63) is 30.6 Å². The van der Waals surface area contributed by atoms with E-state index in [0.717, 1.165) is 6.26 Å². The highest BCUT2D eigenvalue weighted by Gasteiger charge is 2.23. The van der Waals surface area contributed by atoms with Gasteiger partial charge in [0.2, 0.25) is 15.8 Å². The second-order valence-corrected chi connectivity index (χ2v) is 10.4. The third-order valence-electron chi connectivity index (χ3n) is 4.61. The second kappa shape index (κ2) is 8.76. The summed E-state index contributed by atoms with van der Waals surface area (Å²) in [7, 11) is -1.95. The summed E-state index contributed by atoms with van der Waals surface area (Å²) in [6, 6.07) is 5.25. The summed E-state index contributed by atoms with van der Waals surface area (Å²) >= 11 is 0. The number of ether oxygens (including phenoxy) is 3. The summed E-state index contributed by atoms with van der Waals surface area (Å²) in [5.74, 6) is 1.09. The number of sulfonamides is 1. The van der Waals surface area contributed by atoms with E-state index in [0.29, 0.717) is 16.7 Å². The van der Waals surface area contributed by atoms with E-state index in [2.05, 4.69) is 20.0 Å². The van der Waals surface area contributed by atoms with Crippen LogP contribution in [0.25, 0.3) is 10.9 Å². The predicted octanol–water partition coefficient (Wildman–Crippen LogP) is 1.71. The van der Waals surface area contributed by atoms with Crippen LogP contribution in [0.2, 0.25) is 0 Å². The third-order valence-corrected chi connectivity index (χ3v) is 7.18. The minimum Gasteiger partial charge on any atom is -0.493 e. The SMILES string of the molecule is CNS(=O)(=O)c1ccc(S(C)(=O)=O)c(Nc2ncnc3cc(OC)c(OC)c(OC)c23)c1. The van der Waals surface area contributed by atoms with Gasteiger partial charge in [0.15, 0.2) is 21.3 Å². The van der Waals surface area contributed by atoms with E-state index in [9.17, 15) is 16.8 Å². The van der Waals surface area contributed by atoms with Crippen LogP contribution in [0.15, 0.2) is 40.4 Å². The van der Waals surface area contributed by atoms with Crippen LogP contribution in [0.1, 0.15) is 0 Å². The van der Waals surface area contributed by atoms with Crippen molar-refractivity contribution in [2.24, 2.45) is 0 Å². The van der Waals surface area contributed by atoms with Gasteiger partial charge in [0.25, 0.3) is 0 Å². The van der Waals surface area contributed by atoms with Crippen molar-refractivity contribution in [2.45, 2.75) is 9.79 Å². The molecule has 1 heterocycles. The Kier molecular flexibility index (Phi) is 6.44. The molecular formula is C19H22N4O7S2. The Hall–Kier alpha value is -3.16. The van der Waals surface area contributed by atoms with Gasteiger partial charge in [-0.25, -0.2) is 31.5 Å². The summed E-state index contributed by atoms with van der Waals surface area (Å²) < 4.78 is 67.7. The number of nitrogens with zero attached hydrogens (tertiary/aromatic N) is 2. The van der Waals surface area contributed by atoms with Gasteiger partial charge < -0.3 is 19.5 Å². The Balaban J connectivity index is 2.31. The standard InChI is InChI=1S/C19H22N4O7S2/c1-20-32(26,27)11-6-7-15(31(5,24)25)12(8-11)23-19-16-13(21-10-22-19)9-14(28-2)17(29-3)18(16)30-4/h6-10,20H,1-5H3,(H,21,22,23). The van der Waals surface area contributed by atoms with Crippen molar-refractivity contribution < 1.29 is 31.0 Å². The summed E-state index contributed by atoms with van der Waals surface area (Å²) in [5.41, 5.74) is 0.442. The number of hydrogen-bond acceptors (Lipinski definition) is 10. The molecule has 0 amide bonds. The molecule has 2 N–H and O–H groups in total. The molecule has 2 aromatic carbocycles. The second-order valence-electron chi connectivity index (χ2n) is 6.52. The van der Waals surface area contributed by atoms with Crippen molar-refractivity contribution in [1.29, 1.82) is 0 Å². The molecule has 172 valence electrons. The highest BCUT2D eigenvalue weighted by atomic mass is 32.2. The van der Waals surface area contributed by atoms with E-state index in [1.807, 2.05) is 0 Å². The van der Waals surface area contributed by atoms with Crippen LogP contribution < -0.4 is 24.2 Å². The smallest absolute Gasteiger partial charge is 0.240 e. The van der Waals surface area contributed by atoms with Crippen LogP contribution in [-0.4, -0.2) is 61.4 Å². The fourth-order valence-corrected chi connectivity index (χ4v) is 4.71. The van der Waals surface area contributed by atoms with Gasteiger partial charge in [0, 0.05) is 12.3 Å². The van der Waals surface area contributed by atoms with Gasteiger partial charge in [-0.2, -0.15) is 0 Å². The molecule has 1 aromatic heterocycles. The zero-order chi connectivity index (χ0) is 23.7. The van der Waals surface area contributed by atoms with Crippen molar-refractivity contribution in [2.75, 3.05) is 39.9 Å². The molecule has 0 radical (unpaired) electrons. The molecule has 0 aliphatic carbocycles. The predicted molar refractivity (Wildman–Crippen MR) is 118 cm³/mol. The number of rotatable bonds is 8. The first-order valence-electron chi connectivity index (χ1n) is 9.05. The molecule has 0 spiro atoms. The molecule has 11 nitrogen and oxygen atoms in total. The number of nitrogens with one attached hydrogen (secondary N) is 2. The molecule has 32 heavy (non-hydrogen) atoms. The molecule has 0 saturated carbocycles. The summed E-state index contributed by atoms with van der Waals surface area (Å²) in [4.78, 5) is 8.21. The molecule has 0 unspecified atom stereocenters. The number of fused-ring (bicyclic) bond motifs is 1. The van der Waals surface area contributed by atoms with Crippen LogP contribution in [0, 0.1) is 0 Å². The molecule has 0 aliphatic rings. The lowest BCUT2D eigenvalue weighted by Crippen LogP contribution is -2.19. The van der Waals surface area contributed by atoms with Gasteiger partial charge >= 0.3 is 0 Å². The zero-order valence-electron chi connectivity index (χ0n) is 18.0. The van der Waals surface area contributed by atoms with E-state index in [1.54, 1.807) is 6.07 Å². The Bertz CT molecular complexity index is 1390. The molecule has 13 heteroatoms. The van der Waals surface area contributed by atoms with E-state index in [1.165, 1.54) is 52.9 Å². The van der Waals surface area contributed by atoms with Crippen molar-refractivity contribution in [3.63, 3.8) is 0 Å². The summed E-state index contributed by atoms with van der Waals surface area (Å²) in [5, 5.41) is 3.31. The molecule has 0 fully saturated rings.